The van der Waals surface area contributed by atoms with Crippen LogP contribution in [0.1, 0.15) is 53.6 Å². The van der Waals surface area contributed by atoms with Crippen LogP contribution in [-0.2, 0) is 22.9 Å². The number of rotatable bonds is 2. The molecule has 0 radical (unpaired) electrons. The van der Waals surface area contributed by atoms with E-state index in [2.05, 4.69) is 15.8 Å². The van der Waals surface area contributed by atoms with E-state index in [1.807, 2.05) is 17.0 Å². The van der Waals surface area contributed by atoms with Crippen molar-refractivity contribution in [3.8, 4) is 0 Å². The summed E-state index contributed by atoms with van der Waals surface area (Å²) in [5, 5.41) is 2.91. The molecule has 7 heteroatoms. The normalized spacial score (nSPS) is 19.4. The summed E-state index contributed by atoms with van der Waals surface area (Å²) in [6.45, 7) is 0.752. The maximum absolute atomic E-state index is 12.8. The highest BCUT2D eigenvalue weighted by molar-refractivity contribution is 7.90. The Bertz CT molecular complexity index is 1140. The van der Waals surface area contributed by atoms with Gasteiger partial charge in [-0.1, -0.05) is 12.5 Å². The maximum Gasteiger partial charge on any atom is 0.286 e. The van der Waals surface area contributed by atoms with Crippen LogP contribution >= 0.6 is 0 Å². The molecule has 1 aliphatic carbocycles. The third-order valence-electron chi connectivity index (χ3n) is 5.97. The quantitative estimate of drug-likeness (QED) is 0.816. The Morgan fingerprint density at radius 3 is 2.69 bits per heavy atom. The van der Waals surface area contributed by atoms with Gasteiger partial charge in [0.05, 0.1) is 5.69 Å². The van der Waals surface area contributed by atoms with Crippen LogP contribution < -0.4 is 10.2 Å². The smallest absolute Gasteiger partial charge is 0.286 e. The van der Waals surface area contributed by atoms with E-state index in [9.17, 15) is 13.2 Å². The Kier molecular flexibility index (Phi) is 4.42. The molecule has 0 aromatic heterocycles. The van der Waals surface area contributed by atoms with Crippen molar-refractivity contribution in [2.45, 2.75) is 49.8 Å². The van der Waals surface area contributed by atoms with Crippen LogP contribution in [0.15, 0.2) is 45.7 Å². The average Bonchev–Trinajstić information content (AvgIpc) is 3.05. The molecule has 5 rings (SSSR count). The number of carbonyl (C=O) groups excluding carboxylic acids is 1. The van der Waals surface area contributed by atoms with Gasteiger partial charge in [-0.05, 0) is 73.6 Å². The fourth-order valence-corrected chi connectivity index (χ4v) is 5.76. The van der Waals surface area contributed by atoms with Gasteiger partial charge in [-0.15, -0.1) is 4.40 Å². The van der Waals surface area contributed by atoms with Crippen molar-refractivity contribution < 1.29 is 13.2 Å². The summed E-state index contributed by atoms with van der Waals surface area (Å²) >= 11 is 0. The summed E-state index contributed by atoms with van der Waals surface area (Å²) in [6, 6.07) is 10.9. The van der Waals surface area contributed by atoms with E-state index in [-0.39, 0.29) is 10.8 Å². The van der Waals surface area contributed by atoms with Gasteiger partial charge in [0, 0.05) is 24.2 Å². The second kappa shape index (κ2) is 6.99. The summed E-state index contributed by atoms with van der Waals surface area (Å²) in [6.07, 6.45) is 6.94. The fourth-order valence-electron chi connectivity index (χ4n) is 4.47. The predicted octanol–water partition coefficient (Wildman–Crippen LogP) is 3.91. The zero-order valence-electron chi connectivity index (χ0n) is 16.1. The summed E-state index contributed by atoms with van der Waals surface area (Å²) in [5.41, 5.74) is 4.31. The molecule has 0 spiro atoms. The average molecular weight is 410 g/mol. The Morgan fingerprint density at radius 1 is 0.931 bits per heavy atom. The third-order valence-corrected chi connectivity index (χ3v) is 7.30. The molecule has 0 unspecified atom stereocenters. The van der Waals surface area contributed by atoms with Gasteiger partial charge in [0.15, 0.2) is 0 Å². The minimum atomic E-state index is -3.80. The number of benzene rings is 2. The Balaban J connectivity index is 1.46. The highest BCUT2D eigenvalue weighted by Gasteiger charge is 2.32. The van der Waals surface area contributed by atoms with Crippen molar-refractivity contribution in [3.63, 3.8) is 0 Å². The van der Waals surface area contributed by atoms with Crippen LogP contribution in [0, 0.1) is 0 Å². The molecule has 2 aliphatic heterocycles. The molecule has 0 saturated carbocycles. The first-order valence-electron chi connectivity index (χ1n) is 10.2. The highest BCUT2D eigenvalue weighted by Crippen LogP contribution is 2.35. The lowest BCUT2D eigenvalue weighted by molar-refractivity contribution is 0.102. The molecule has 1 fully saturated rings. The van der Waals surface area contributed by atoms with E-state index in [0.29, 0.717) is 23.5 Å². The number of hydrogen-bond acceptors (Lipinski definition) is 4. The van der Waals surface area contributed by atoms with E-state index in [0.717, 1.165) is 50.8 Å². The molecule has 2 aromatic carbocycles. The van der Waals surface area contributed by atoms with Crippen molar-refractivity contribution in [2.75, 3.05) is 16.8 Å². The molecule has 0 bridgehead atoms. The van der Waals surface area contributed by atoms with Gasteiger partial charge in [-0.3, -0.25) is 4.79 Å². The summed E-state index contributed by atoms with van der Waals surface area (Å²) in [7, 11) is -3.80. The first kappa shape index (κ1) is 18.4. The molecule has 1 saturated heterocycles. The van der Waals surface area contributed by atoms with Crippen molar-refractivity contribution >= 4 is 33.1 Å². The van der Waals surface area contributed by atoms with Gasteiger partial charge in [0.25, 0.3) is 15.9 Å². The molecule has 2 heterocycles. The van der Waals surface area contributed by atoms with Gasteiger partial charge in [-0.2, -0.15) is 8.42 Å². The van der Waals surface area contributed by atoms with Crippen LogP contribution in [-0.4, -0.2) is 26.7 Å². The van der Waals surface area contributed by atoms with E-state index >= 15 is 0 Å². The number of aryl methyl sites for hydroxylation is 2. The molecular weight excluding hydrogens is 386 g/mol. The summed E-state index contributed by atoms with van der Waals surface area (Å²) in [4.78, 5) is 14.9. The first-order chi connectivity index (χ1) is 14.0. The van der Waals surface area contributed by atoms with Gasteiger partial charge in [-0.25, -0.2) is 0 Å². The molecular formula is C22H23N3O3S. The molecule has 0 atom stereocenters. The number of hydrogen-bond donors (Lipinski definition) is 1. The van der Waals surface area contributed by atoms with Gasteiger partial charge in [0.2, 0.25) is 0 Å². The van der Waals surface area contributed by atoms with Crippen molar-refractivity contribution in [1.29, 1.82) is 0 Å². The molecule has 1 amide bonds. The Morgan fingerprint density at radius 2 is 1.79 bits per heavy atom. The number of amidine groups is 1. The zero-order valence-corrected chi connectivity index (χ0v) is 17.0. The standard InChI is InChI=1S/C22H23N3O3S/c26-22(23-18-10-8-15-5-4-6-16(15)13-18)17-9-11-19-20(14-17)29(27,28)24-21-7-2-1-3-12-25(19)21/h8-11,13-14H,1-7,12H2,(H,23,26). The summed E-state index contributed by atoms with van der Waals surface area (Å²) < 4.78 is 29.6. The fraction of sp³-hybridized carbons (Fsp3) is 0.364. The molecule has 150 valence electrons. The molecule has 1 N–H and O–H groups in total. The number of amides is 1. The summed E-state index contributed by atoms with van der Waals surface area (Å²) in [5.74, 6) is 0.303. The first-order valence-corrected chi connectivity index (χ1v) is 11.6. The number of sulfonamides is 1. The number of nitrogens with one attached hydrogen (secondary N) is 1. The van der Waals surface area contributed by atoms with Crippen LogP contribution in [0.25, 0.3) is 0 Å². The lowest BCUT2D eigenvalue weighted by Crippen LogP contribution is -2.35. The van der Waals surface area contributed by atoms with Crippen LogP contribution in [0.3, 0.4) is 0 Å². The van der Waals surface area contributed by atoms with Crippen LogP contribution in [0.5, 0.6) is 0 Å². The SMILES string of the molecule is O=C(Nc1ccc2c(c1)CCC2)c1ccc2c(c1)S(=O)(=O)N=C1CCCCCN12. The molecule has 3 aliphatic rings. The highest BCUT2D eigenvalue weighted by atomic mass is 32.2. The third kappa shape index (κ3) is 3.33. The number of fused-ring (bicyclic) bond motifs is 4. The van der Waals surface area contributed by atoms with Gasteiger partial charge in [0.1, 0.15) is 10.7 Å². The van der Waals surface area contributed by atoms with E-state index < -0.39 is 10.0 Å². The largest absolute Gasteiger partial charge is 0.328 e. The molecule has 29 heavy (non-hydrogen) atoms. The number of nitrogens with zero attached hydrogens (tertiary/aromatic N) is 2. The maximum atomic E-state index is 12.8. The number of anilines is 2. The minimum absolute atomic E-state index is 0.116. The van der Waals surface area contributed by atoms with E-state index in [1.54, 1.807) is 12.1 Å². The van der Waals surface area contributed by atoms with E-state index in [1.165, 1.54) is 17.2 Å². The van der Waals surface area contributed by atoms with E-state index in [4.69, 9.17) is 0 Å². The Labute approximate surface area is 170 Å². The van der Waals surface area contributed by atoms with Crippen molar-refractivity contribution in [1.82, 2.24) is 0 Å². The Hall–Kier alpha value is -2.67. The predicted molar refractivity (Wildman–Crippen MR) is 113 cm³/mol. The minimum Gasteiger partial charge on any atom is -0.328 e. The lowest BCUT2D eigenvalue weighted by atomic mass is 10.1. The monoisotopic (exact) mass is 409 g/mol. The van der Waals surface area contributed by atoms with Crippen LogP contribution in [0.4, 0.5) is 11.4 Å². The lowest BCUT2D eigenvalue weighted by Gasteiger charge is -2.29. The molecule has 2 aromatic rings. The van der Waals surface area contributed by atoms with Crippen molar-refractivity contribution in [2.24, 2.45) is 4.40 Å². The van der Waals surface area contributed by atoms with Gasteiger partial charge < -0.3 is 10.2 Å². The second-order valence-electron chi connectivity index (χ2n) is 7.92. The topological polar surface area (TPSA) is 78.8 Å². The second-order valence-corrected chi connectivity index (χ2v) is 9.49. The van der Waals surface area contributed by atoms with Gasteiger partial charge >= 0.3 is 0 Å². The van der Waals surface area contributed by atoms with Crippen molar-refractivity contribution in [3.05, 3.63) is 53.1 Å². The number of carbonyl (C=O) groups is 1. The zero-order chi connectivity index (χ0) is 20.0. The molecule has 6 nitrogen and oxygen atoms in total. The van der Waals surface area contributed by atoms with Crippen LogP contribution in [0.2, 0.25) is 0 Å².